The molecule has 2 aliphatic rings. The first-order valence-electron chi connectivity index (χ1n) is 19.3. The Morgan fingerprint density at radius 3 is 1.79 bits per heavy atom. The van der Waals surface area contributed by atoms with Crippen molar-refractivity contribution < 1.29 is 36.6 Å². The number of anilines is 1. The van der Waals surface area contributed by atoms with Crippen molar-refractivity contribution >= 4 is 61.8 Å². The third kappa shape index (κ3) is 8.57. The highest BCUT2D eigenvalue weighted by Gasteiger charge is 2.56. The predicted molar refractivity (Wildman–Crippen MR) is 237 cm³/mol. The number of thiazole rings is 1. The molecule has 0 unspecified atom stereocenters. The summed E-state index contributed by atoms with van der Waals surface area (Å²) in [5.41, 5.74) is 2.88. The number of esters is 1. The molecular formula is C46H39N5O8S3. The van der Waals surface area contributed by atoms with Crippen LogP contribution in [0, 0.1) is 0 Å². The second-order valence-corrected chi connectivity index (χ2v) is 17.7. The average Bonchev–Trinajstić information content (AvgIpc) is 3.76. The maximum Gasteiger partial charge on any atom is 0.359 e. The van der Waals surface area contributed by atoms with E-state index in [2.05, 4.69) is 15.8 Å². The smallest absolute Gasteiger partial charge is 0.359 e. The van der Waals surface area contributed by atoms with E-state index >= 15 is 0 Å². The number of carbonyl (C=O) groups excluding carboxylic acids is 3. The van der Waals surface area contributed by atoms with E-state index in [0.717, 1.165) is 39.6 Å². The van der Waals surface area contributed by atoms with E-state index in [-0.39, 0.29) is 28.6 Å². The summed E-state index contributed by atoms with van der Waals surface area (Å²) in [4.78, 5) is 53.3. The average molecular weight is 886 g/mol. The summed E-state index contributed by atoms with van der Waals surface area (Å²) in [5.74, 6) is -2.82. The van der Waals surface area contributed by atoms with Crippen molar-refractivity contribution in [1.82, 2.24) is 15.2 Å². The summed E-state index contributed by atoms with van der Waals surface area (Å²) in [6.45, 7) is 0. The lowest BCUT2D eigenvalue weighted by molar-refractivity contribution is -0.154. The molecule has 2 aliphatic heterocycles. The zero-order valence-corrected chi connectivity index (χ0v) is 35.7. The normalized spacial score (nSPS) is 16.5. The Morgan fingerprint density at radius 2 is 1.31 bits per heavy atom. The second-order valence-electron chi connectivity index (χ2n) is 14.2. The molecule has 1 fully saturated rings. The van der Waals surface area contributed by atoms with Gasteiger partial charge < -0.3 is 24.4 Å². The number of hydrogen-bond donors (Lipinski definition) is 2. The number of oxime groups is 1. The molecule has 1 saturated heterocycles. The van der Waals surface area contributed by atoms with E-state index in [1.807, 2.05) is 103 Å². The van der Waals surface area contributed by atoms with Gasteiger partial charge in [0.25, 0.3) is 11.8 Å². The molecule has 62 heavy (non-hydrogen) atoms. The molecule has 3 heterocycles. The lowest BCUT2D eigenvalue weighted by Crippen LogP contribution is -2.71. The SMILES string of the molecule is CON=C(C(=O)N[C@@H]1C(=O)N2C(C(=O)OC(c3ccccc3)c3ccccc3)=C(OS(C)(=O)=O)CS[C@H]12)c1csc(NC(c2ccccc2)(c2ccccc2)c2ccccc2)n1. The van der Waals surface area contributed by atoms with Crippen LogP contribution in [0.1, 0.15) is 39.6 Å². The molecular weight excluding hydrogens is 847 g/mol. The molecule has 16 heteroatoms. The highest BCUT2D eigenvalue weighted by Crippen LogP contribution is 2.43. The van der Waals surface area contributed by atoms with Crippen molar-refractivity contribution in [2.75, 3.05) is 24.4 Å². The van der Waals surface area contributed by atoms with Crippen molar-refractivity contribution in [2.24, 2.45) is 5.16 Å². The number of carbonyl (C=O) groups is 3. The van der Waals surface area contributed by atoms with Gasteiger partial charge in [0.15, 0.2) is 28.4 Å². The number of hydrogen-bond acceptors (Lipinski definition) is 13. The number of nitrogens with one attached hydrogen (secondary N) is 2. The van der Waals surface area contributed by atoms with E-state index in [1.54, 1.807) is 53.9 Å². The summed E-state index contributed by atoms with van der Waals surface area (Å²) in [7, 11) is -2.83. The van der Waals surface area contributed by atoms with Gasteiger partial charge in [-0.15, -0.1) is 23.1 Å². The molecule has 1 aromatic heterocycles. The number of rotatable bonds is 15. The highest BCUT2D eigenvalue weighted by atomic mass is 32.2. The molecule has 314 valence electrons. The fraction of sp³-hybridized carbons (Fsp3) is 0.152. The zero-order valence-electron chi connectivity index (χ0n) is 33.3. The molecule has 2 N–H and O–H groups in total. The first-order chi connectivity index (χ1) is 30.1. The maximum absolute atomic E-state index is 14.2. The van der Waals surface area contributed by atoms with Gasteiger partial charge in [0.05, 0.1) is 12.0 Å². The van der Waals surface area contributed by atoms with Gasteiger partial charge in [-0.2, -0.15) is 8.42 Å². The number of thioether (sulfide) groups is 1. The summed E-state index contributed by atoms with van der Waals surface area (Å²) in [6.07, 6.45) is -0.0568. The fourth-order valence-corrected chi connectivity index (χ4v) is 10.0. The van der Waals surface area contributed by atoms with Crippen LogP contribution in [-0.4, -0.2) is 72.3 Å². The summed E-state index contributed by atoms with van der Waals surface area (Å²) < 4.78 is 36.1. The Balaban J connectivity index is 1.06. The van der Waals surface area contributed by atoms with E-state index in [0.29, 0.717) is 16.3 Å². The van der Waals surface area contributed by atoms with Crippen molar-refractivity contribution in [2.45, 2.75) is 23.1 Å². The van der Waals surface area contributed by atoms with Crippen LogP contribution in [-0.2, 0) is 43.8 Å². The van der Waals surface area contributed by atoms with Crippen LogP contribution in [0.5, 0.6) is 0 Å². The number of aromatic nitrogens is 1. The summed E-state index contributed by atoms with van der Waals surface area (Å²) in [6, 6.07) is 46.8. The summed E-state index contributed by atoms with van der Waals surface area (Å²) in [5, 5.41) is 11.8. The molecule has 13 nitrogen and oxygen atoms in total. The Hall–Kier alpha value is -6.75. The minimum Gasteiger partial charge on any atom is -0.448 e. The zero-order chi connectivity index (χ0) is 43.3. The molecule has 0 bridgehead atoms. The van der Waals surface area contributed by atoms with Gasteiger partial charge in [-0.3, -0.25) is 14.5 Å². The van der Waals surface area contributed by atoms with Crippen molar-refractivity contribution in [3.05, 3.63) is 202 Å². The van der Waals surface area contributed by atoms with Gasteiger partial charge in [0.1, 0.15) is 29.8 Å². The van der Waals surface area contributed by atoms with Crippen molar-refractivity contribution in [3.63, 3.8) is 0 Å². The molecule has 2 amide bonds. The molecule has 0 radical (unpaired) electrons. The number of ether oxygens (including phenoxy) is 1. The molecule has 0 aliphatic carbocycles. The maximum atomic E-state index is 14.2. The molecule has 5 aromatic carbocycles. The van der Waals surface area contributed by atoms with Crippen molar-refractivity contribution in [3.8, 4) is 0 Å². The number of nitrogens with zero attached hydrogens (tertiary/aromatic N) is 3. The Morgan fingerprint density at radius 1 is 0.806 bits per heavy atom. The number of fused-ring (bicyclic) bond motifs is 1. The van der Waals surface area contributed by atoms with E-state index < -0.39 is 51.0 Å². The standard InChI is InChI=1S/C46H39N5O8S3/c1-57-50-37(35-28-61-45(47-35)49-46(32-22-12-5-13-23-32,33-24-14-6-15-25-33)34-26-16-7-17-27-34)41(52)48-38-42(53)51-39(36(29-60-43(38)51)59-62(2,55)56)44(54)58-40(30-18-8-3-9-19-30)31-20-10-4-11-21-31/h3-28,38,40,43H,29H2,1-2H3,(H,47,49)(H,48,52)/t38-,43-/m1/s1. The molecule has 8 rings (SSSR count). The largest absolute Gasteiger partial charge is 0.448 e. The van der Waals surface area contributed by atoms with Crippen LogP contribution in [0.3, 0.4) is 0 Å². The third-order valence-corrected chi connectivity index (χ3v) is 12.7. The second kappa shape index (κ2) is 18.1. The topological polar surface area (TPSA) is 166 Å². The fourth-order valence-electron chi connectivity index (χ4n) is 7.46. The molecule has 0 saturated carbocycles. The van der Waals surface area contributed by atoms with Gasteiger partial charge in [-0.25, -0.2) is 9.78 Å². The summed E-state index contributed by atoms with van der Waals surface area (Å²) >= 11 is 2.37. The quantitative estimate of drug-likeness (QED) is 0.0278. The molecule has 0 spiro atoms. The van der Waals surface area contributed by atoms with Crippen LogP contribution in [0.25, 0.3) is 0 Å². The van der Waals surface area contributed by atoms with Crippen LogP contribution < -0.4 is 10.6 Å². The first-order valence-corrected chi connectivity index (χ1v) is 23.0. The van der Waals surface area contributed by atoms with Crippen LogP contribution in [0.15, 0.2) is 174 Å². The van der Waals surface area contributed by atoms with Gasteiger partial charge in [0.2, 0.25) is 0 Å². The van der Waals surface area contributed by atoms with Gasteiger partial charge >= 0.3 is 16.1 Å². The Kier molecular flexibility index (Phi) is 12.2. The highest BCUT2D eigenvalue weighted by molar-refractivity contribution is 8.00. The lowest BCUT2D eigenvalue weighted by Gasteiger charge is -2.49. The number of amides is 2. The lowest BCUT2D eigenvalue weighted by atomic mass is 9.77. The monoisotopic (exact) mass is 885 g/mol. The van der Waals surface area contributed by atoms with Crippen LogP contribution in [0.2, 0.25) is 0 Å². The number of benzene rings is 5. The molecule has 6 aromatic rings. The van der Waals surface area contributed by atoms with Gasteiger partial charge in [-0.05, 0) is 27.8 Å². The Bertz CT molecular complexity index is 2600. The van der Waals surface area contributed by atoms with E-state index in [9.17, 15) is 22.8 Å². The van der Waals surface area contributed by atoms with Gasteiger partial charge in [-0.1, -0.05) is 157 Å². The minimum absolute atomic E-state index is 0.119. The predicted octanol–water partition coefficient (Wildman–Crippen LogP) is 6.82. The van der Waals surface area contributed by atoms with Crippen LogP contribution in [0.4, 0.5) is 5.13 Å². The third-order valence-electron chi connectivity index (χ3n) is 10.2. The first kappa shape index (κ1) is 42.0. The van der Waals surface area contributed by atoms with E-state index in [4.69, 9.17) is 18.7 Å². The van der Waals surface area contributed by atoms with Gasteiger partial charge in [0, 0.05) is 5.38 Å². The van der Waals surface area contributed by atoms with Crippen LogP contribution >= 0.6 is 23.1 Å². The molecule has 2 atom stereocenters. The number of β-lactam (4-membered cyclic amide) rings is 1. The Labute approximate surface area is 366 Å². The minimum atomic E-state index is -4.12. The van der Waals surface area contributed by atoms with Crippen molar-refractivity contribution in [1.29, 1.82) is 0 Å². The van der Waals surface area contributed by atoms with E-state index in [1.165, 1.54) is 18.4 Å².